The molecule has 1 fully saturated rings. The highest BCUT2D eigenvalue weighted by molar-refractivity contribution is 5.88. The van der Waals surface area contributed by atoms with Crippen molar-refractivity contribution in [3.05, 3.63) is 29.8 Å². The van der Waals surface area contributed by atoms with Crippen molar-refractivity contribution in [3.63, 3.8) is 0 Å². The first-order chi connectivity index (χ1) is 11.2. The second-order valence-corrected chi connectivity index (χ2v) is 5.67. The van der Waals surface area contributed by atoms with Crippen molar-refractivity contribution in [1.82, 2.24) is 10.2 Å². The predicted octanol–water partition coefficient (Wildman–Crippen LogP) is 0.694. The number of ether oxygens (including phenoxy) is 1. The van der Waals surface area contributed by atoms with Gasteiger partial charge in [0.1, 0.15) is 18.4 Å². The lowest BCUT2D eigenvalue weighted by Crippen LogP contribution is -2.51. The average molecular weight is 319 g/mol. The largest absolute Gasteiger partial charge is 0.492 e. The fourth-order valence-electron chi connectivity index (χ4n) is 2.87. The van der Waals surface area contributed by atoms with Gasteiger partial charge in [-0.3, -0.25) is 9.59 Å². The number of hydrogen-bond donors (Lipinski definition) is 2. The molecule has 0 bridgehead atoms. The molecule has 3 N–H and O–H groups in total. The highest BCUT2D eigenvalue weighted by atomic mass is 16.5. The maximum atomic E-state index is 12.6. The van der Waals surface area contributed by atoms with E-state index in [1.54, 1.807) is 11.9 Å². The molecule has 2 amide bonds. The van der Waals surface area contributed by atoms with Crippen molar-refractivity contribution in [1.29, 1.82) is 0 Å². The van der Waals surface area contributed by atoms with Crippen LogP contribution in [0.15, 0.2) is 24.3 Å². The van der Waals surface area contributed by atoms with Gasteiger partial charge >= 0.3 is 0 Å². The Kier molecular flexibility index (Phi) is 6.40. The maximum Gasteiger partial charge on any atom is 0.242 e. The van der Waals surface area contributed by atoms with Crippen LogP contribution in [0.5, 0.6) is 5.75 Å². The number of carbonyl (C=O) groups excluding carboxylic acids is 2. The lowest BCUT2D eigenvalue weighted by atomic mass is 10.00. The molecule has 1 aromatic carbocycles. The molecule has 1 saturated heterocycles. The second-order valence-electron chi connectivity index (χ2n) is 5.67. The third-order valence-corrected chi connectivity index (χ3v) is 4.01. The summed E-state index contributed by atoms with van der Waals surface area (Å²) < 4.78 is 5.49. The second kappa shape index (κ2) is 8.53. The molecule has 0 aliphatic carbocycles. The van der Waals surface area contributed by atoms with Gasteiger partial charge in [0.05, 0.1) is 6.42 Å². The maximum absolute atomic E-state index is 12.6. The van der Waals surface area contributed by atoms with Crippen LogP contribution in [0.25, 0.3) is 0 Å². The number of hydrogen-bond acceptors (Lipinski definition) is 4. The standard InChI is InChI=1S/C17H25N3O3/c1-19-17(22)15-7-2-3-9-20(15)16(21)12-13-5-4-6-14(11-13)23-10-8-18/h4-6,11,15H,2-3,7-10,12,18H2,1H3,(H,19,22)/t15-/m1/s1. The molecule has 6 heteroatoms. The molecule has 1 heterocycles. The van der Waals surface area contributed by atoms with Gasteiger partial charge in [0.15, 0.2) is 0 Å². The molecule has 1 aromatic rings. The smallest absolute Gasteiger partial charge is 0.242 e. The van der Waals surface area contributed by atoms with Gasteiger partial charge in [0.25, 0.3) is 0 Å². The number of nitrogens with one attached hydrogen (secondary N) is 1. The van der Waals surface area contributed by atoms with E-state index in [1.807, 2.05) is 24.3 Å². The lowest BCUT2D eigenvalue weighted by molar-refractivity contribution is -0.141. The van der Waals surface area contributed by atoms with Crippen molar-refractivity contribution < 1.29 is 14.3 Å². The van der Waals surface area contributed by atoms with Crippen LogP contribution in [0.1, 0.15) is 24.8 Å². The van der Waals surface area contributed by atoms with E-state index in [0.29, 0.717) is 25.4 Å². The summed E-state index contributed by atoms with van der Waals surface area (Å²) >= 11 is 0. The van der Waals surface area contributed by atoms with Crippen LogP contribution < -0.4 is 15.8 Å². The van der Waals surface area contributed by atoms with Gasteiger partial charge in [0, 0.05) is 20.1 Å². The van der Waals surface area contributed by atoms with Crippen LogP contribution >= 0.6 is 0 Å². The number of piperidine rings is 1. The minimum absolute atomic E-state index is 0.0192. The quantitative estimate of drug-likeness (QED) is 0.808. The number of nitrogens with two attached hydrogens (primary N) is 1. The molecule has 0 aromatic heterocycles. The van der Waals surface area contributed by atoms with Crippen molar-refractivity contribution in [2.75, 3.05) is 26.7 Å². The molecule has 1 atom stereocenters. The van der Waals surface area contributed by atoms with Crippen molar-refractivity contribution in [2.45, 2.75) is 31.7 Å². The summed E-state index contributed by atoms with van der Waals surface area (Å²) in [6, 6.07) is 7.11. The summed E-state index contributed by atoms with van der Waals surface area (Å²) in [5.74, 6) is 0.606. The Labute approximate surface area is 137 Å². The van der Waals surface area contributed by atoms with E-state index in [1.165, 1.54) is 0 Å². The van der Waals surface area contributed by atoms with Crippen LogP contribution in [0.3, 0.4) is 0 Å². The Balaban J connectivity index is 2.03. The summed E-state index contributed by atoms with van der Waals surface area (Å²) in [5, 5.41) is 2.65. The van der Waals surface area contributed by atoms with Crippen LogP contribution in [0.4, 0.5) is 0 Å². The van der Waals surface area contributed by atoms with Gasteiger partial charge in [-0.25, -0.2) is 0 Å². The van der Waals surface area contributed by atoms with E-state index in [2.05, 4.69) is 5.32 Å². The Morgan fingerprint density at radius 2 is 2.22 bits per heavy atom. The highest BCUT2D eigenvalue weighted by Gasteiger charge is 2.31. The third-order valence-electron chi connectivity index (χ3n) is 4.01. The Bertz CT molecular complexity index is 548. The fourth-order valence-corrected chi connectivity index (χ4v) is 2.87. The zero-order valence-corrected chi connectivity index (χ0v) is 13.6. The highest BCUT2D eigenvalue weighted by Crippen LogP contribution is 2.20. The monoisotopic (exact) mass is 319 g/mol. The molecular weight excluding hydrogens is 294 g/mol. The first-order valence-electron chi connectivity index (χ1n) is 8.08. The summed E-state index contributed by atoms with van der Waals surface area (Å²) in [6.45, 7) is 1.54. The van der Waals surface area contributed by atoms with Gasteiger partial charge in [-0.1, -0.05) is 12.1 Å². The molecule has 0 saturated carbocycles. The van der Waals surface area contributed by atoms with E-state index in [4.69, 9.17) is 10.5 Å². The molecule has 0 unspecified atom stereocenters. The van der Waals surface area contributed by atoms with E-state index in [9.17, 15) is 9.59 Å². The average Bonchev–Trinajstić information content (AvgIpc) is 2.59. The molecule has 0 spiro atoms. The van der Waals surface area contributed by atoms with Crippen molar-refractivity contribution in [3.8, 4) is 5.75 Å². The first kappa shape index (κ1) is 17.3. The molecule has 1 aliphatic rings. The molecule has 6 nitrogen and oxygen atoms in total. The lowest BCUT2D eigenvalue weighted by Gasteiger charge is -2.34. The zero-order chi connectivity index (χ0) is 16.7. The summed E-state index contributed by atoms with van der Waals surface area (Å²) in [6.07, 6.45) is 2.92. The van der Waals surface area contributed by atoms with Crippen LogP contribution in [0, 0.1) is 0 Å². The summed E-state index contributed by atoms with van der Waals surface area (Å²) in [7, 11) is 1.61. The molecule has 0 radical (unpaired) electrons. The number of likely N-dealkylation sites (N-methyl/N-ethyl adjacent to an activating group) is 1. The van der Waals surface area contributed by atoms with Crippen LogP contribution in [0.2, 0.25) is 0 Å². The van der Waals surface area contributed by atoms with E-state index in [0.717, 1.165) is 24.8 Å². The Morgan fingerprint density at radius 1 is 1.39 bits per heavy atom. The normalized spacial score (nSPS) is 17.7. The minimum atomic E-state index is -0.349. The van der Waals surface area contributed by atoms with Crippen molar-refractivity contribution in [2.24, 2.45) is 5.73 Å². The van der Waals surface area contributed by atoms with E-state index in [-0.39, 0.29) is 24.3 Å². The minimum Gasteiger partial charge on any atom is -0.492 e. The topological polar surface area (TPSA) is 84.7 Å². The molecule has 2 rings (SSSR count). The van der Waals surface area contributed by atoms with E-state index >= 15 is 0 Å². The summed E-state index contributed by atoms with van der Waals surface area (Å²) in [5.41, 5.74) is 6.31. The molecule has 126 valence electrons. The summed E-state index contributed by atoms with van der Waals surface area (Å²) in [4.78, 5) is 26.3. The van der Waals surface area contributed by atoms with Gasteiger partial charge in [-0.05, 0) is 37.0 Å². The Hall–Kier alpha value is -2.08. The predicted molar refractivity (Wildman–Crippen MR) is 88.1 cm³/mol. The van der Waals surface area contributed by atoms with Gasteiger partial charge in [-0.15, -0.1) is 0 Å². The van der Waals surface area contributed by atoms with Gasteiger partial charge in [-0.2, -0.15) is 0 Å². The molecule has 1 aliphatic heterocycles. The SMILES string of the molecule is CNC(=O)[C@H]1CCCCN1C(=O)Cc1cccc(OCCN)c1. The molecular formula is C17H25N3O3. The third kappa shape index (κ3) is 4.69. The van der Waals surface area contributed by atoms with Gasteiger partial charge < -0.3 is 20.7 Å². The molecule has 23 heavy (non-hydrogen) atoms. The number of amides is 2. The van der Waals surface area contributed by atoms with Gasteiger partial charge in [0.2, 0.25) is 11.8 Å². The first-order valence-corrected chi connectivity index (χ1v) is 8.08. The number of rotatable bonds is 6. The Morgan fingerprint density at radius 3 is 2.96 bits per heavy atom. The van der Waals surface area contributed by atoms with Crippen molar-refractivity contribution >= 4 is 11.8 Å². The zero-order valence-electron chi connectivity index (χ0n) is 13.6. The van der Waals surface area contributed by atoms with E-state index < -0.39 is 0 Å². The fraction of sp³-hybridized carbons (Fsp3) is 0.529. The number of benzene rings is 1. The van der Waals surface area contributed by atoms with Crippen LogP contribution in [-0.2, 0) is 16.0 Å². The number of nitrogens with zero attached hydrogens (tertiary/aromatic N) is 1. The number of carbonyl (C=O) groups is 2. The van der Waals surface area contributed by atoms with Crippen LogP contribution in [-0.4, -0.2) is 49.5 Å². The number of likely N-dealkylation sites (tertiary alicyclic amines) is 1.